The van der Waals surface area contributed by atoms with E-state index in [4.69, 9.17) is 21.4 Å². The van der Waals surface area contributed by atoms with Crippen molar-refractivity contribution >= 4 is 35.3 Å². The molecule has 180 valence electrons. The summed E-state index contributed by atoms with van der Waals surface area (Å²) in [6.45, 7) is 1.68. The average Bonchev–Trinajstić information content (AvgIpc) is 2.96. The van der Waals surface area contributed by atoms with E-state index in [9.17, 15) is 19.2 Å². The van der Waals surface area contributed by atoms with E-state index in [1.807, 2.05) is 6.92 Å². The molecule has 0 aromatic heterocycles. The van der Waals surface area contributed by atoms with Gasteiger partial charge in [0.1, 0.15) is 12.3 Å². The van der Waals surface area contributed by atoms with Crippen LogP contribution in [0.1, 0.15) is 47.2 Å². The summed E-state index contributed by atoms with van der Waals surface area (Å²) in [4.78, 5) is 50.9. The number of ether oxygens (including phenoxy) is 1. The van der Waals surface area contributed by atoms with Crippen molar-refractivity contribution < 1.29 is 29.0 Å². The molecule has 2 atom stereocenters. The highest BCUT2D eigenvalue weighted by Crippen LogP contribution is 2.28. The van der Waals surface area contributed by atoms with E-state index in [0.717, 1.165) is 10.5 Å². The molecular weight excluding hydrogens is 460 g/mol. The van der Waals surface area contributed by atoms with E-state index >= 15 is 0 Å². The first-order chi connectivity index (χ1) is 16.2. The lowest BCUT2D eigenvalue weighted by molar-refractivity contribution is -0.148. The fraction of sp³-hybridized carbons (Fsp3) is 0.360. The molecule has 9 heteroatoms. The lowest BCUT2D eigenvalue weighted by Gasteiger charge is -2.24. The number of hydrogen-bond donors (Lipinski definition) is 2. The second kappa shape index (κ2) is 11.2. The third-order valence-corrected chi connectivity index (χ3v) is 6.25. The van der Waals surface area contributed by atoms with Gasteiger partial charge in [-0.05, 0) is 60.2 Å². The molecule has 0 saturated carbocycles. The Hall–Kier alpha value is -3.39. The molecule has 0 aliphatic carbocycles. The van der Waals surface area contributed by atoms with Crippen molar-refractivity contribution in [1.29, 1.82) is 0 Å². The number of methoxy groups -OCH3 is 1. The minimum absolute atomic E-state index is 0.0230. The standard InChI is InChI=1S/C25H27ClN2O6/c1-3-15(16-4-6-17(7-5-16)25(32)33)12-23(30)28-14-22(29)27-13-19(24(28)31)10-18-11-20(26)8-9-21(18)34-2/h4-9,11,15,19H,3,10,12-14H2,1-2H3,(H,27,29)(H,32,33)/t15-,19-/m0/s1. The van der Waals surface area contributed by atoms with Crippen molar-refractivity contribution in [1.82, 2.24) is 10.2 Å². The van der Waals surface area contributed by atoms with Gasteiger partial charge in [0.25, 0.3) is 0 Å². The van der Waals surface area contributed by atoms with E-state index in [0.29, 0.717) is 22.8 Å². The molecule has 2 aromatic rings. The van der Waals surface area contributed by atoms with Gasteiger partial charge in [0.2, 0.25) is 17.7 Å². The summed E-state index contributed by atoms with van der Waals surface area (Å²) >= 11 is 6.11. The van der Waals surface area contributed by atoms with Gasteiger partial charge in [-0.2, -0.15) is 0 Å². The van der Waals surface area contributed by atoms with Crippen molar-refractivity contribution in [3.63, 3.8) is 0 Å². The minimum Gasteiger partial charge on any atom is -0.496 e. The maximum absolute atomic E-state index is 13.3. The van der Waals surface area contributed by atoms with E-state index in [2.05, 4.69) is 5.32 Å². The van der Waals surface area contributed by atoms with Crippen LogP contribution in [0.15, 0.2) is 42.5 Å². The number of aromatic carboxylic acids is 1. The molecule has 34 heavy (non-hydrogen) atoms. The van der Waals surface area contributed by atoms with Crippen LogP contribution in [0.3, 0.4) is 0 Å². The SMILES string of the molecule is CC[C@@H](CC(=O)N1CC(=O)NC[C@H](Cc2cc(Cl)ccc2OC)C1=O)c1ccc(C(=O)O)cc1. The number of rotatable bonds is 8. The molecule has 1 saturated heterocycles. The molecule has 0 unspecified atom stereocenters. The molecule has 3 rings (SSSR count). The highest BCUT2D eigenvalue weighted by molar-refractivity contribution is 6.30. The number of carbonyl (C=O) groups is 4. The van der Waals surface area contributed by atoms with Gasteiger partial charge < -0.3 is 15.2 Å². The smallest absolute Gasteiger partial charge is 0.335 e. The summed E-state index contributed by atoms with van der Waals surface area (Å²) < 4.78 is 5.37. The normalized spacial score (nSPS) is 17.0. The Morgan fingerprint density at radius 3 is 2.53 bits per heavy atom. The van der Waals surface area contributed by atoms with E-state index in [1.165, 1.54) is 19.2 Å². The summed E-state index contributed by atoms with van der Waals surface area (Å²) in [5, 5.41) is 12.3. The maximum Gasteiger partial charge on any atom is 0.335 e. The van der Waals surface area contributed by atoms with Gasteiger partial charge in [-0.15, -0.1) is 0 Å². The van der Waals surface area contributed by atoms with Crippen LogP contribution in [-0.2, 0) is 20.8 Å². The number of carboxylic acids is 1. The Morgan fingerprint density at radius 1 is 1.21 bits per heavy atom. The molecule has 0 radical (unpaired) electrons. The predicted octanol–water partition coefficient (Wildman–Crippen LogP) is 3.27. The van der Waals surface area contributed by atoms with Crippen LogP contribution in [0.25, 0.3) is 0 Å². The molecular formula is C25H27ClN2O6. The number of halogens is 1. The molecule has 8 nitrogen and oxygen atoms in total. The van der Waals surface area contributed by atoms with Crippen molar-refractivity contribution in [2.45, 2.75) is 32.1 Å². The lowest BCUT2D eigenvalue weighted by Crippen LogP contribution is -2.43. The topological polar surface area (TPSA) is 113 Å². The van der Waals surface area contributed by atoms with Crippen molar-refractivity contribution in [3.05, 3.63) is 64.2 Å². The van der Waals surface area contributed by atoms with E-state index in [-0.39, 0.29) is 37.4 Å². The van der Waals surface area contributed by atoms with Crippen LogP contribution in [0.5, 0.6) is 5.75 Å². The van der Waals surface area contributed by atoms with Crippen molar-refractivity contribution in [2.75, 3.05) is 20.2 Å². The Labute approximate surface area is 202 Å². The fourth-order valence-corrected chi connectivity index (χ4v) is 4.28. The van der Waals surface area contributed by atoms with Gasteiger partial charge >= 0.3 is 5.97 Å². The second-order valence-electron chi connectivity index (χ2n) is 8.22. The summed E-state index contributed by atoms with van der Waals surface area (Å²) in [5.74, 6) is -2.61. The number of carboxylic acid groups (broad SMARTS) is 1. The minimum atomic E-state index is -1.03. The molecule has 1 aliphatic heterocycles. The van der Waals surface area contributed by atoms with Gasteiger partial charge in [0.05, 0.1) is 18.6 Å². The number of imide groups is 1. The third-order valence-electron chi connectivity index (χ3n) is 6.02. The molecule has 2 N–H and O–H groups in total. The molecule has 0 spiro atoms. The summed E-state index contributed by atoms with van der Waals surface area (Å²) in [5.41, 5.74) is 1.67. The maximum atomic E-state index is 13.3. The quantitative estimate of drug-likeness (QED) is 0.592. The van der Waals surface area contributed by atoms with Crippen LogP contribution in [0, 0.1) is 5.92 Å². The zero-order valence-electron chi connectivity index (χ0n) is 19.0. The van der Waals surface area contributed by atoms with Crippen LogP contribution >= 0.6 is 11.6 Å². The fourth-order valence-electron chi connectivity index (χ4n) is 4.08. The van der Waals surface area contributed by atoms with E-state index in [1.54, 1.807) is 30.3 Å². The van der Waals surface area contributed by atoms with Gasteiger partial charge in [0.15, 0.2) is 0 Å². The summed E-state index contributed by atoms with van der Waals surface area (Å²) in [6, 6.07) is 11.4. The lowest BCUT2D eigenvalue weighted by atomic mass is 9.91. The Morgan fingerprint density at radius 2 is 1.91 bits per heavy atom. The van der Waals surface area contributed by atoms with Gasteiger partial charge in [-0.25, -0.2) is 4.79 Å². The summed E-state index contributed by atoms with van der Waals surface area (Å²) in [7, 11) is 1.52. The Bertz CT molecular complexity index is 1090. The number of nitrogens with zero attached hydrogens (tertiary/aromatic N) is 1. The van der Waals surface area contributed by atoms with Crippen LogP contribution in [0.4, 0.5) is 0 Å². The number of amides is 3. The number of benzene rings is 2. The van der Waals surface area contributed by atoms with Gasteiger partial charge in [0, 0.05) is 18.0 Å². The van der Waals surface area contributed by atoms with Crippen molar-refractivity contribution in [2.24, 2.45) is 5.92 Å². The van der Waals surface area contributed by atoms with Gasteiger partial charge in [-0.1, -0.05) is 30.7 Å². The average molecular weight is 487 g/mol. The monoisotopic (exact) mass is 486 g/mol. The molecule has 1 aliphatic rings. The number of carbonyl (C=O) groups excluding carboxylic acids is 3. The first-order valence-electron chi connectivity index (χ1n) is 11.0. The Balaban J connectivity index is 1.79. The van der Waals surface area contributed by atoms with E-state index < -0.39 is 29.6 Å². The Kier molecular flexibility index (Phi) is 8.28. The third kappa shape index (κ3) is 5.94. The van der Waals surface area contributed by atoms with Crippen LogP contribution < -0.4 is 10.1 Å². The van der Waals surface area contributed by atoms with Crippen LogP contribution in [-0.4, -0.2) is 53.9 Å². The molecule has 2 aromatic carbocycles. The molecule has 0 bridgehead atoms. The number of nitrogens with one attached hydrogen (secondary N) is 1. The summed E-state index contributed by atoms with van der Waals surface area (Å²) in [6.07, 6.45) is 0.880. The van der Waals surface area contributed by atoms with Crippen LogP contribution in [0.2, 0.25) is 5.02 Å². The largest absolute Gasteiger partial charge is 0.496 e. The molecule has 1 heterocycles. The zero-order valence-corrected chi connectivity index (χ0v) is 19.8. The first-order valence-corrected chi connectivity index (χ1v) is 11.4. The predicted molar refractivity (Wildman–Crippen MR) is 126 cm³/mol. The van der Waals surface area contributed by atoms with Gasteiger partial charge in [-0.3, -0.25) is 19.3 Å². The van der Waals surface area contributed by atoms with Crippen molar-refractivity contribution in [3.8, 4) is 5.75 Å². The first kappa shape index (κ1) is 25.2. The molecule has 3 amide bonds. The highest BCUT2D eigenvalue weighted by atomic mass is 35.5. The number of hydrogen-bond acceptors (Lipinski definition) is 5. The molecule has 1 fully saturated rings. The highest BCUT2D eigenvalue weighted by Gasteiger charge is 2.35. The second-order valence-corrected chi connectivity index (χ2v) is 8.65. The zero-order chi connectivity index (χ0) is 24.8.